The van der Waals surface area contributed by atoms with Gasteiger partial charge in [0.1, 0.15) is 23.5 Å². The zero-order chi connectivity index (χ0) is 21.8. The van der Waals surface area contributed by atoms with Gasteiger partial charge in [-0.15, -0.1) is 0 Å². The Morgan fingerprint density at radius 3 is 2.87 bits per heavy atom. The van der Waals surface area contributed by atoms with E-state index in [1.54, 1.807) is 13.8 Å². The molecule has 2 aromatic rings. The van der Waals surface area contributed by atoms with Crippen LogP contribution < -0.4 is 11.1 Å². The average Bonchev–Trinajstić information content (AvgIpc) is 3.11. The average molecular weight is 417 g/mol. The van der Waals surface area contributed by atoms with E-state index in [0.29, 0.717) is 0 Å². The zero-order valence-electron chi connectivity index (χ0n) is 16.5. The Morgan fingerprint density at radius 2 is 2.20 bits per heavy atom. The third kappa shape index (κ3) is 4.03. The molecule has 0 fully saturated rings. The molecule has 8 nitrogen and oxygen atoms in total. The number of aromatic nitrogens is 2. The van der Waals surface area contributed by atoms with Gasteiger partial charge >= 0.3 is 5.97 Å². The number of halogens is 2. The van der Waals surface area contributed by atoms with Gasteiger partial charge in [0.15, 0.2) is 11.6 Å². The predicted molar refractivity (Wildman–Crippen MR) is 103 cm³/mol. The van der Waals surface area contributed by atoms with Gasteiger partial charge in [0.05, 0.1) is 36.8 Å². The van der Waals surface area contributed by atoms with Crippen LogP contribution in [0.3, 0.4) is 0 Å². The van der Waals surface area contributed by atoms with Gasteiger partial charge in [0, 0.05) is 12.1 Å². The molecule has 1 aromatic carbocycles. The molecule has 158 valence electrons. The van der Waals surface area contributed by atoms with Crippen LogP contribution in [0.15, 0.2) is 35.7 Å². The van der Waals surface area contributed by atoms with Gasteiger partial charge in [-0.25, -0.2) is 18.3 Å². The number of benzene rings is 1. The Morgan fingerprint density at radius 1 is 1.43 bits per heavy atom. The molecule has 0 amide bonds. The highest BCUT2D eigenvalue weighted by atomic mass is 19.2. The maximum atomic E-state index is 14.8. The summed E-state index contributed by atoms with van der Waals surface area (Å²) < 4.78 is 40.9. The fourth-order valence-electron chi connectivity index (χ4n) is 3.16. The van der Waals surface area contributed by atoms with E-state index in [1.807, 2.05) is 6.07 Å². The lowest BCUT2D eigenvalue weighted by molar-refractivity contribution is -0.143. The monoisotopic (exact) mass is 417 g/mol. The lowest BCUT2D eigenvalue weighted by Crippen LogP contribution is -2.33. The number of nitrogens with zero attached hydrogens (tertiary/aromatic N) is 3. The first-order chi connectivity index (χ1) is 14.4. The predicted octanol–water partition coefficient (Wildman–Crippen LogP) is 2.23. The van der Waals surface area contributed by atoms with Crippen LogP contribution in [0.4, 0.5) is 14.6 Å². The number of hydrogen-bond acceptors (Lipinski definition) is 7. The third-order valence-electron chi connectivity index (χ3n) is 4.38. The SMILES string of the molecule is CC(C)OC(=O)C1=C(COCCN)Nc2c(C#N)cnn2C1c1cccc(F)c1F. The van der Waals surface area contributed by atoms with Crippen molar-refractivity contribution < 1.29 is 23.0 Å². The van der Waals surface area contributed by atoms with E-state index >= 15 is 0 Å². The highest BCUT2D eigenvalue weighted by Gasteiger charge is 2.38. The van der Waals surface area contributed by atoms with Crippen LogP contribution in [0.5, 0.6) is 0 Å². The summed E-state index contributed by atoms with van der Waals surface area (Å²) in [5, 5.41) is 16.5. The first kappa shape index (κ1) is 21.4. The second-order valence-electron chi connectivity index (χ2n) is 6.82. The highest BCUT2D eigenvalue weighted by Crippen LogP contribution is 2.39. The fraction of sp³-hybridized carbons (Fsp3) is 0.350. The molecule has 3 N–H and O–H groups in total. The van der Waals surface area contributed by atoms with Crippen molar-refractivity contribution in [3.63, 3.8) is 0 Å². The first-order valence-corrected chi connectivity index (χ1v) is 9.29. The molecule has 2 heterocycles. The number of nitriles is 1. The Labute approximate surface area is 171 Å². The molecule has 1 aliphatic rings. The highest BCUT2D eigenvalue weighted by molar-refractivity contribution is 5.93. The van der Waals surface area contributed by atoms with Gasteiger partial charge in [-0.05, 0) is 19.9 Å². The maximum Gasteiger partial charge on any atom is 0.338 e. The fourth-order valence-corrected chi connectivity index (χ4v) is 3.16. The van der Waals surface area contributed by atoms with E-state index in [9.17, 15) is 18.8 Å². The Balaban J connectivity index is 2.23. The van der Waals surface area contributed by atoms with E-state index in [1.165, 1.54) is 23.0 Å². The van der Waals surface area contributed by atoms with Crippen LogP contribution in [0.2, 0.25) is 0 Å². The van der Waals surface area contributed by atoms with Gasteiger partial charge in [0.2, 0.25) is 0 Å². The summed E-state index contributed by atoms with van der Waals surface area (Å²) in [5.41, 5.74) is 5.77. The van der Waals surface area contributed by atoms with Gasteiger partial charge < -0.3 is 20.5 Å². The standard InChI is InChI=1S/C20H21F2N5O3/c1-11(2)30-20(28)16-15(10-29-7-6-23)26-19-12(8-24)9-25-27(19)18(16)13-4-3-5-14(21)17(13)22/h3-5,9,11,18,26H,6-7,10,23H2,1-2H3. The van der Waals surface area contributed by atoms with Crippen LogP contribution in [0, 0.1) is 23.0 Å². The largest absolute Gasteiger partial charge is 0.459 e. The molecule has 30 heavy (non-hydrogen) atoms. The van der Waals surface area contributed by atoms with Gasteiger partial charge in [-0.2, -0.15) is 10.4 Å². The molecule has 0 saturated carbocycles. The van der Waals surface area contributed by atoms with Crippen molar-refractivity contribution in [2.75, 3.05) is 25.1 Å². The molecule has 3 rings (SSSR count). The van der Waals surface area contributed by atoms with Crippen molar-refractivity contribution >= 4 is 11.8 Å². The van der Waals surface area contributed by atoms with E-state index in [4.69, 9.17) is 15.2 Å². The van der Waals surface area contributed by atoms with E-state index in [-0.39, 0.29) is 48.0 Å². The summed E-state index contributed by atoms with van der Waals surface area (Å²) in [6, 6.07) is 4.48. The minimum absolute atomic E-state index is 0.00492. The number of ether oxygens (including phenoxy) is 2. The lowest BCUT2D eigenvalue weighted by Gasteiger charge is -2.31. The zero-order valence-corrected chi connectivity index (χ0v) is 16.5. The molecular formula is C20H21F2N5O3. The molecule has 1 atom stereocenters. The number of carbonyl (C=O) groups excluding carboxylic acids is 1. The van der Waals surface area contributed by atoms with Gasteiger partial charge in [-0.1, -0.05) is 12.1 Å². The van der Waals surface area contributed by atoms with Crippen molar-refractivity contribution in [3.05, 3.63) is 58.4 Å². The molecule has 1 unspecified atom stereocenters. The molecular weight excluding hydrogens is 396 g/mol. The minimum Gasteiger partial charge on any atom is -0.459 e. The number of rotatable bonds is 7. The molecule has 0 bridgehead atoms. The second-order valence-corrected chi connectivity index (χ2v) is 6.82. The van der Waals surface area contributed by atoms with Gasteiger partial charge in [-0.3, -0.25) is 0 Å². The summed E-state index contributed by atoms with van der Waals surface area (Å²) in [6.45, 7) is 3.72. The van der Waals surface area contributed by atoms with Crippen LogP contribution in [-0.4, -0.2) is 41.6 Å². The number of nitrogens with two attached hydrogens (primary N) is 1. The van der Waals surface area contributed by atoms with Gasteiger partial charge in [0.25, 0.3) is 0 Å². The van der Waals surface area contributed by atoms with Crippen LogP contribution in [-0.2, 0) is 14.3 Å². The number of hydrogen-bond donors (Lipinski definition) is 2. The maximum absolute atomic E-state index is 14.8. The van der Waals surface area contributed by atoms with E-state index < -0.39 is 29.7 Å². The lowest BCUT2D eigenvalue weighted by atomic mass is 9.94. The molecule has 0 aliphatic carbocycles. The summed E-state index contributed by atoms with van der Waals surface area (Å²) in [5.74, 6) is -2.70. The molecule has 1 aromatic heterocycles. The Kier molecular flexibility index (Phi) is 6.44. The van der Waals surface area contributed by atoms with Crippen molar-refractivity contribution in [1.29, 1.82) is 5.26 Å². The molecule has 0 radical (unpaired) electrons. The van der Waals surface area contributed by atoms with E-state index in [2.05, 4.69) is 10.4 Å². The third-order valence-corrected chi connectivity index (χ3v) is 4.38. The number of esters is 1. The second kappa shape index (κ2) is 9.02. The van der Waals surface area contributed by atoms with Crippen molar-refractivity contribution in [3.8, 4) is 6.07 Å². The Hall–Kier alpha value is -3.29. The molecule has 10 heteroatoms. The topological polar surface area (TPSA) is 115 Å². The number of nitrogens with one attached hydrogen (secondary N) is 1. The number of fused-ring (bicyclic) bond motifs is 1. The summed E-state index contributed by atoms with van der Waals surface area (Å²) in [7, 11) is 0. The van der Waals surface area contributed by atoms with Crippen molar-refractivity contribution in [2.45, 2.75) is 26.0 Å². The summed E-state index contributed by atoms with van der Waals surface area (Å²) in [6.07, 6.45) is 0.824. The number of anilines is 1. The first-order valence-electron chi connectivity index (χ1n) is 9.29. The molecule has 1 aliphatic heterocycles. The van der Waals surface area contributed by atoms with Crippen LogP contribution in [0.1, 0.15) is 31.0 Å². The summed E-state index contributed by atoms with van der Waals surface area (Å²) >= 11 is 0. The number of carbonyl (C=O) groups is 1. The minimum atomic E-state index is -1.17. The summed E-state index contributed by atoms with van der Waals surface area (Å²) in [4.78, 5) is 13.0. The van der Waals surface area contributed by atoms with Crippen LogP contribution in [0.25, 0.3) is 0 Å². The van der Waals surface area contributed by atoms with Crippen LogP contribution >= 0.6 is 0 Å². The van der Waals surface area contributed by atoms with Crippen molar-refractivity contribution in [1.82, 2.24) is 9.78 Å². The van der Waals surface area contributed by atoms with Crippen molar-refractivity contribution in [2.24, 2.45) is 5.73 Å². The quantitative estimate of drug-likeness (QED) is 0.524. The Bertz CT molecular complexity index is 1030. The smallest absolute Gasteiger partial charge is 0.338 e. The molecule has 0 saturated heterocycles. The van der Waals surface area contributed by atoms with E-state index in [0.717, 1.165) is 6.07 Å². The normalized spacial score (nSPS) is 15.6. The molecule has 0 spiro atoms.